The molecule has 0 radical (unpaired) electrons. The monoisotopic (exact) mass is 251 g/mol. The van der Waals surface area contributed by atoms with Crippen LogP contribution in [0, 0.1) is 0 Å². The number of hydrogen-bond acceptors (Lipinski definition) is 6. The zero-order valence-corrected chi connectivity index (χ0v) is 12.1. The van der Waals surface area contributed by atoms with E-state index < -0.39 is 10.4 Å². The van der Waals surface area contributed by atoms with E-state index in [4.69, 9.17) is 0 Å². The predicted molar refractivity (Wildman–Crippen MR) is 51.0 cm³/mol. The fourth-order valence-electron chi connectivity index (χ4n) is 0.732. The minimum atomic E-state index is -4.52. The second-order valence-electron chi connectivity index (χ2n) is 2.46. The smallest absolute Gasteiger partial charge is 0.725 e. The molecule has 0 unspecified atom stereocenters. The van der Waals surface area contributed by atoms with Crippen LogP contribution in [-0.4, -0.2) is 32.3 Å². The van der Waals surface area contributed by atoms with Crippen LogP contribution in [-0.2, 0) is 14.0 Å². The van der Waals surface area contributed by atoms with Gasteiger partial charge >= 0.3 is 29.6 Å². The fourth-order valence-corrected chi connectivity index (χ4v) is 1.80. The average molecular weight is 251 g/mol. The van der Waals surface area contributed by atoms with Crippen LogP contribution in [0.5, 0.6) is 0 Å². The fraction of sp³-hybridized carbons (Fsp3) is 1.00. The average Bonchev–Trinajstić information content (AvgIpc) is 2.01. The van der Waals surface area contributed by atoms with E-state index in [1.54, 1.807) is 0 Å². The van der Waals surface area contributed by atoms with Crippen molar-refractivity contribution in [2.45, 2.75) is 19.3 Å². The Labute approximate surface area is 112 Å². The Morgan fingerprint density at radius 2 is 2.00 bits per heavy atom. The third kappa shape index (κ3) is 15.6. The molecule has 0 rings (SSSR count). The molecule has 1 N–H and O–H groups in total. The van der Waals surface area contributed by atoms with E-state index in [0.717, 1.165) is 25.8 Å². The van der Waals surface area contributed by atoms with Crippen LogP contribution in [0.15, 0.2) is 0 Å². The summed E-state index contributed by atoms with van der Waals surface area (Å²) in [5, 5.41) is 3.00. The van der Waals surface area contributed by atoms with Gasteiger partial charge in [0.2, 0.25) is 10.4 Å². The Kier molecular flexibility index (Phi) is 13.4. The number of rotatable bonds is 8. The summed E-state index contributed by atoms with van der Waals surface area (Å²) in [5.74, 6) is 0.533. The van der Waals surface area contributed by atoms with Crippen molar-refractivity contribution < 1.29 is 46.2 Å². The zero-order valence-electron chi connectivity index (χ0n) is 8.49. The van der Waals surface area contributed by atoms with Crippen LogP contribution >= 0.6 is 12.0 Å². The Bertz CT molecular complexity index is 210. The van der Waals surface area contributed by atoms with E-state index in [0.29, 0.717) is 17.8 Å². The van der Waals surface area contributed by atoms with Crippen LogP contribution in [0.2, 0.25) is 0 Å². The molecule has 5 nitrogen and oxygen atoms in total. The van der Waals surface area contributed by atoms with Gasteiger partial charge in [-0.1, -0.05) is 6.42 Å². The first-order valence-corrected chi connectivity index (χ1v) is 6.22. The van der Waals surface area contributed by atoms with Gasteiger partial charge in [0.25, 0.3) is 0 Å². The maximum atomic E-state index is 9.96. The van der Waals surface area contributed by atoms with Crippen LogP contribution < -0.4 is 34.9 Å². The molecule has 0 amide bonds. The molecular weight excluding hydrogens is 237 g/mol. The van der Waals surface area contributed by atoms with Gasteiger partial charge in [0.05, 0.1) is 0 Å². The van der Waals surface area contributed by atoms with Gasteiger partial charge in [0.15, 0.2) is 0 Å². The molecule has 0 aromatic heterocycles. The van der Waals surface area contributed by atoms with Gasteiger partial charge < -0.3 is 9.87 Å². The van der Waals surface area contributed by atoms with E-state index in [-0.39, 0.29) is 29.6 Å². The van der Waals surface area contributed by atoms with Crippen molar-refractivity contribution in [1.82, 2.24) is 5.32 Å². The van der Waals surface area contributed by atoms with Crippen LogP contribution in [0.4, 0.5) is 0 Å². The molecule has 0 fully saturated rings. The molecule has 0 saturated carbocycles. The number of nitrogens with one attached hydrogen (secondary N) is 1. The molecule has 8 heteroatoms. The Morgan fingerprint density at radius 1 is 1.36 bits per heavy atom. The topological polar surface area (TPSA) is 78.5 Å². The standard InChI is InChI=1S/C6H15NO4S2.Na/c1-7-5-3-2-4-6-12-11-13(8,9)10;/h7H,2-6H2,1H3,(H,8,9,10);/q;+1/p-1. The largest absolute Gasteiger partial charge is 1.00 e. The SMILES string of the molecule is CNCCCCCSOS(=O)(=O)[O-].[Na+]. The zero-order chi connectivity index (χ0) is 10.2. The summed E-state index contributed by atoms with van der Waals surface area (Å²) in [7, 11) is -2.64. The first kappa shape index (κ1) is 17.6. The van der Waals surface area contributed by atoms with Gasteiger partial charge in [0, 0.05) is 17.8 Å². The maximum absolute atomic E-state index is 9.96. The third-order valence-electron chi connectivity index (χ3n) is 1.29. The van der Waals surface area contributed by atoms with E-state index in [1.807, 2.05) is 7.05 Å². The molecule has 0 aliphatic carbocycles. The molecule has 14 heavy (non-hydrogen) atoms. The summed E-state index contributed by atoms with van der Waals surface area (Å²) in [5.41, 5.74) is 0. The predicted octanol–water partition coefficient (Wildman–Crippen LogP) is -2.49. The Hall–Kier alpha value is 1.18. The molecule has 0 aliphatic rings. The summed E-state index contributed by atoms with van der Waals surface area (Å²) in [4.78, 5) is 0. The maximum Gasteiger partial charge on any atom is 1.00 e. The summed E-state index contributed by atoms with van der Waals surface area (Å²) in [6.45, 7) is 0.950. The van der Waals surface area contributed by atoms with Crippen molar-refractivity contribution in [3.63, 3.8) is 0 Å². The number of unbranched alkanes of at least 4 members (excludes halogenated alkanes) is 2. The molecule has 0 aromatic rings. The minimum Gasteiger partial charge on any atom is -0.725 e. The third-order valence-corrected chi connectivity index (χ3v) is 2.79. The summed E-state index contributed by atoms with van der Waals surface area (Å²) in [6, 6.07) is 0. The van der Waals surface area contributed by atoms with Crippen LogP contribution in [0.3, 0.4) is 0 Å². The van der Waals surface area contributed by atoms with Crippen molar-refractivity contribution in [3.05, 3.63) is 0 Å². The van der Waals surface area contributed by atoms with Crippen molar-refractivity contribution >= 4 is 22.4 Å². The quantitative estimate of drug-likeness (QED) is 0.169. The second kappa shape index (κ2) is 10.7. The van der Waals surface area contributed by atoms with Crippen LogP contribution in [0.1, 0.15) is 19.3 Å². The molecule has 0 spiro atoms. The van der Waals surface area contributed by atoms with Crippen molar-refractivity contribution in [1.29, 1.82) is 0 Å². The molecule has 0 heterocycles. The van der Waals surface area contributed by atoms with E-state index >= 15 is 0 Å². The Morgan fingerprint density at radius 3 is 2.50 bits per heavy atom. The van der Waals surface area contributed by atoms with Crippen molar-refractivity contribution in [2.75, 3.05) is 19.3 Å². The van der Waals surface area contributed by atoms with Gasteiger partial charge in [-0.15, -0.1) is 0 Å². The molecule has 0 aromatic carbocycles. The first-order valence-electron chi connectivity index (χ1n) is 3.98. The van der Waals surface area contributed by atoms with E-state index in [1.165, 1.54) is 0 Å². The minimum absolute atomic E-state index is 0. The summed E-state index contributed by atoms with van der Waals surface area (Å²) < 4.78 is 33.8. The number of hydrogen-bond donors (Lipinski definition) is 1. The van der Waals surface area contributed by atoms with Gasteiger partial charge in [-0.2, -0.15) is 0 Å². The van der Waals surface area contributed by atoms with Gasteiger partial charge in [-0.3, -0.25) is 0 Å². The van der Waals surface area contributed by atoms with Crippen molar-refractivity contribution in [3.8, 4) is 0 Å². The van der Waals surface area contributed by atoms with E-state index in [2.05, 4.69) is 8.95 Å². The molecular formula is C6H14NNaO4S2. The second-order valence-corrected chi connectivity index (χ2v) is 4.47. The molecule has 0 atom stereocenters. The van der Waals surface area contributed by atoms with Crippen LogP contribution in [0.25, 0.3) is 0 Å². The normalized spacial score (nSPS) is 11.0. The summed E-state index contributed by atoms with van der Waals surface area (Å²) in [6.07, 6.45) is 2.89. The van der Waals surface area contributed by atoms with Gasteiger partial charge in [0.1, 0.15) is 0 Å². The molecule has 0 aliphatic heterocycles. The van der Waals surface area contributed by atoms with Gasteiger partial charge in [-0.25, -0.2) is 12.0 Å². The van der Waals surface area contributed by atoms with Crippen molar-refractivity contribution in [2.24, 2.45) is 0 Å². The van der Waals surface area contributed by atoms with E-state index in [9.17, 15) is 13.0 Å². The van der Waals surface area contributed by atoms with Gasteiger partial charge in [-0.05, 0) is 26.4 Å². The summed E-state index contributed by atoms with van der Waals surface area (Å²) >= 11 is 0.697. The molecule has 0 saturated heterocycles. The molecule has 80 valence electrons. The Balaban J connectivity index is 0. The molecule has 0 bridgehead atoms. The first-order chi connectivity index (χ1) is 6.06.